The third-order valence-corrected chi connectivity index (χ3v) is 4.87. The van der Waals surface area contributed by atoms with E-state index in [-0.39, 0.29) is 11.3 Å². The molecule has 0 bridgehead atoms. The number of urea groups is 1. The number of ether oxygens (including phenoxy) is 1. The zero-order chi connectivity index (χ0) is 24.4. The number of carbonyl (C=O) groups excluding carboxylic acids is 2. The minimum absolute atomic E-state index is 0.0389. The third kappa shape index (κ3) is 4.51. The fraction of sp³-hybridized carbons (Fsp3) is 0.0417. The summed E-state index contributed by atoms with van der Waals surface area (Å²) in [5.41, 5.74) is -1.57. The van der Waals surface area contributed by atoms with Gasteiger partial charge in [-0.15, -0.1) is 0 Å². The fourth-order valence-electron chi connectivity index (χ4n) is 3.25. The Morgan fingerprint density at radius 2 is 1.71 bits per heavy atom. The van der Waals surface area contributed by atoms with Gasteiger partial charge in [0.1, 0.15) is 11.6 Å². The quantitative estimate of drug-likeness (QED) is 0.224. The van der Waals surface area contributed by atoms with Crippen LogP contribution in [0.25, 0.3) is 10.9 Å². The standard InChI is InChI=1S/C24H15F4N3O3/c1-34-16-8-13-7-12(5-6-18(13)29-11-16)23(32)20-21(27)17(26)10-19(22(20)28)31-24(33)30-15-4-2-3-14(25)9-15/h2-11H,1H3,(H2,30,31,33). The molecule has 3 aromatic carbocycles. The van der Waals surface area contributed by atoms with Crippen LogP contribution in [0.4, 0.5) is 33.7 Å². The molecule has 2 N–H and O–H groups in total. The number of methoxy groups -OCH3 is 1. The summed E-state index contributed by atoms with van der Waals surface area (Å²) in [7, 11) is 1.42. The predicted octanol–water partition coefficient (Wildman–Crippen LogP) is 5.67. The van der Waals surface area contributed by atoms with E-state index in [1.165, 1.54) is 43.6 Å². The number of hydrogen-bond acceptors (Lipinski definition) is 4. The summed E-state index contributed by atoms with van der Waals surface area (Å²) in [6, 6.07) is 9.84. The molecule has 4 rings (SSSR count). The fourth-order valence-corrected chi connectivity index (χ4v) is 3.25. The van der Waals surface area contributed by atoms with Gasteiger partial charge < -0.3 is 15.4 Å². The third-order valence-electron chi connectivity index (χ3n) is 4.87. The summed E-state index contributed by atoms with van der Waals surface area (Å²) in [5, 5.41) is 4.69. The lowest BCUT2D eigenvalue weighted by molar-refractivity contribution is 0.103. The van der Waals surface area contributed by atoms with E-state index in [4.69, 9.17) is 4.74 Å². The van der Waals surface area contributed by atoms with Crippen molar-refractivity contribution in [1.29, 1.82) is 0 Å². The van der Waals surface area contributed by atoms with E-state index in [1.807, 2.05) is 5.32 Å². The number of hydrogen-bond donors (Lipinski definition) is 2. The Labute approximate surface area is 190 Å². The van der Waals surface area contributed by atoms with Crippen molar-refractivity contribution in [3.05, 3.63) is 95.2 Å². The Balaban J connectivity index is 1.67. The van der Waals surface area contributed by atoms with Crippen LogP contribution in [-0.4, -0.2) is 23.9 Å². The molecule has 1 heterocycles. The van der Waals surface area contributed by atoms with E-state index in [0.717, 1.165) is 12.1 Å². The highest BCUT2D eigenvalue weighted by atomic mass is 19.2. The molecule has 0 aliphatic rings. The number of carbonyl (C=O) groups is 2. The number of ketones is 1. The van der Waals surface area contributed by atoms with Gasteiger partial charge in [0.15, 0.2) is 23.2 Å². The second kappa shape index (κ2) is 9.18. The molecule has 0 aliphatic heterocycles. The van der Waals surface area contributed by atoms with Gasteiger partial charge in [-0.05, 0) is 42.5 Å². The van der Waals surface area contributed by atoms with Crippen LogP contribution in [-0.2, 0) is 0 Å². The summed E-state index contributed by atoms with van der Waals surface area (Å²) in [5.74, 6) is -6.10. The minimum atomic E-state index is -1.71. The molecule has 0 spiro atoms. The number of rotatable bonds is 5. The SMILES string of the molecule is COc1cnc2ccc(C(=O)c3c(F)c(F)cc(NC(=O)Nc4cccc(F)c4)c3F)cc2c1. The Hall–Kier alpha value is -4.47. The number of nitrogens with zero attached hydrogens (tertiary/aromatic N) is 1. The van der Waals surface area contributed by atoms with Gasteiger partial charge in [0, 0.05) is 22.7 Å². The highest BCUT2D eigenvalue weighted by molar-refractivity contribution is 6.12. The maximum absolute atomic E-state index is 15.1. The molecule has 0 saturated heterocycles. The van der Waals surface area contributed by atoms with Crippen LogP contribution >= 0.6 is 0 Å². The lowest BCUT2D eigenvalue weighted by Crippen LogP contribution is -2.22. The molecule has 0 aliphatic carbocycles. The van der Waals surface area contributed by atoms with Gasteiger partial charge in [-0.3, -0.25) is 9.78 Å². The van der Waals surface area contributed by atoms with Gasteiger partial charge >= 0.3 is 6.03 Å². The average Bonchev–Trinajstić information content (AvgIpc) is 2.81. The first kappa shape index (κ1) is 22.7. The molecule has 10 heteroatoms. The number of halogens is 4. The van der Waals surface area contributed by atoms with E-state index in [2.05, 4.69) is 10.3 Å². The summed E-state index contributed by atoms with van der Waals surface area (Å²) >= 11 is 0. The Morgan fingerprint density at radius 1 is 0.912 bits per heavy atom. The average molecular weight is 469 g/mol. The zero-order valence-electron chi connectivity index (χ0n) is 17.5. The molecule has 2 amide bonds. The summed E-state index contributed by atoms with van der Waals surface area (Å²) in [6.07, 6.45) is 1.46. The molecule has 0 radical (unpaired) electrons. The number of nitrogens with one attached hydrogen (secondary N) is 2. The van der Waals surface area contributed by atoms with Gasteiger partial charge in [-0.25, -0.2) is 22.4 Å². The van der Waals surface area contributed by atoms with E-state index >= 15 is 4.39 Å². The van der Waals surface area contributed by atoms with Gasteiger partial charge in [-0.1, -0.05) is 6.07 Å². The van der Waals surface area contributed by atoms with Crippen molar-refractivity contribution in [3.8, 4) is 5.75 Å². The van der Waals surface area contributed by atoms with Crippen molar-refractivity contribution in [3.63, 3.8) is 0 Å². The molecular formula is C24H15F4N3O3. The van der Waals surface area contributed by atoms with Crippen molar-refractivity contribution >= 4 is 34.1 Å². The molecule has 4 aromatic rings. The van der Waals surface area contributed by atoms with E-state index in [9.17, 15) is 22.8 Å². The number of anilines is 2. The molecule has 34 heavy (non-hydrogen) atoms. The first-order valence-corrected chi connectivity index (χ1v) is 9.76. The molecular weight excluding hydrogens is 454 g/mol. The molecule has 0 fully saturated rings. The van der Waals surface area contributed by atoms with Crippen LogP contribution in [0.1, 0.15) is 15.9 Å². The van der Waals surface area contributed by atoms with Crippen molar-refractivity contribution in [2.24, 2.45) is 0 Å². The smallest absolute Gasteiger partial charge is 0.323 e. The van der Waals surface area contributed by atoms with E-state index < -0.39 is 46.3 Å². The lowest BCUT2D eigenvalue weighted by atomic mass is 9.99. The molecule has 172 valence electrons. The Kier molecular flexibility index (Phi) is 6.13. The number of benzene rings is 3. The lowest BCUT2D eigenvalue weighted by Gasteiger charge is -2.13. The molecule has 0 saturated carbocycles. The maximum atomic E-state index is 15.1. The van der Waals surface area contributed by atoms with E-state index in [0.29, 0.717) is 22.7 Å². The van der Waals surface area contributed by atoms with Gasteiger partial charge in [0.2, 0.25) is 0 Å². The van der Waals surface area contributed by atoms with Gasteiger partial charge in [-0.2, -0.15) is 0 Å². The summed E-state index contributed by atoms with van der Waals surface area (Å²) in [6.45, 7) is 0. The normalized spacial score (nSPS) is 10.7. The van der Waals surface area contributed by atoms with Crippen LogP contribution in [0.15, 0.2) is 60.8 Å². The number of pyridine rings is 1. The molecule has 6 nitrogen and oxygen atoms in total. The number of fused-ring (bicyclic) bond motifs is 1. The predicted molar refractivity (Wildman–Crippen MR) is 117 cm³/mol. The molecule has 1 aromatic heterocycles. The summed E-state index contributed by atoms with van der Waals surface area (Å²) < 4.78 is 62.2. The topological polar surface area (TPSA) is 80.3 Å². The van der Waals surface area contributed by atoms with Crippen LogP contribution in [0.5, 0.6) is 5.75 Å². The molecule has 0 atom stereocenters. The van der Waals surface area contributed by atoms with Crippen LogP contribution in [0.2, 0.25) is 0 Å². The van der Waals surface area contributed by atoms with Crippen LogP contribution < -0.4 is 15.4 Å². The minimum Gasteiger partial charge on any atom is -0.495 e. The van der Waals surface area contributed by atoms with Crippen molar-refractivity contribution in [2.75, 3.05) is 17.7 Å². The van der Waals surface area contributed by atoms with Crippen molar-refractivity contribution in [1.82, 2.24) is 4.98 Å². The highest BCUT2D eigenvalue weighted by Crippen LogP contribution is 2.28. The first-order chi connectivity index (χ1) is 16.3. The second-order valence-corrected chi connectivity index (χ2v) is 7.11. The van der Waals surface area contributed by atoms with Gasteiger partial charge in [0.05, 0.1) is 30.1 Å². The molecule has 0 unspecified atom stereocenters. The Morgan fingerprint density at radius 3 is 2.44 bits per heavy atom. The van der Waals surface area contributed by atoms with Crippen LogP contribution in [0, 0.1) is 23.3 Å². The van der Waals surface area contributed by atoms with Crippen LogP contribution in [0.3, 0.4) is 0 Å². The highest BCUT2D eigenvalue weighted by Gasteiger charge is 2.26. The monoisotopic (exact) mass is 469 g/mol. The first-order valence-electron chi connectivity index (χ1n) is 9.76. The van der Waals surface area contributed by atoms with Gasteiger partial charge in [0.25, 0.3) is 0 Å². The number of aromatic nitrogens is 1. The maximum Gasteiger partial charge on any atom is 0.323 e. The summed E-state index contributed by atoms with van der Waals surface area (Å²) in [4.78, 5) is 29.2. The largest absolute Gasteiger partial charge is 0.495 e. The Bertz CT molecular complexity index is 1440. The zero-order valence-corrected chi connectivity index (χ0v) is 17.5. The number of amides is 2. The van der Waals surface area contributed by atoms with Crippen molar-refractivity contribution in [2.45, 2.75) is 0 Å². The second-order valence-electron chi connectivity index (χ2n) is 7.11. The van der Waals surface area contributed by atoms with E-state index in [1.54, 1.807) is 6.07 Å². The van der Waals surface area contributed by atoms with Crippen molar-refractivity contribution < 1.29 is 31.9 Å².